The molecule has 1 unspecified atom stereocenters. The van der Waals surface area contributed by atoms with Crippen LogP contribution in [0, 0.1) is 5.92 Å². The van der Waals surface area contributed by atoms with Crippen molar-refractivity contribution >= 4 is 5.97 Å². The molecule has 0 bridgehead atoms. The molecule has 1 fully saturated rings. The van der Waals surface area contributed by atoms with Crippen LogP contribution in [0.3, 0.4) is 0 Å². The molecule has 1 heterocycles. The number of halogens is 3. The molecule has 0 amide bonds. The Morgan fingerprint density at radius 2 is 2.05 bits per heavy atom. The van der Waals surface area contributed by atoms with Crippen molar-refractivity contribution in [1.82, 2.24) is 4.98 Å². The molecule has 0 aliphatic heterocycles. The molecule has 2 rings (SSSR count). The summed E-state index contributed by atoms with van der Waals surface area (Å²) in [5.41, 5.74) is -2.86. The lowest BCUT2D eigenvalue weighted by Gasteiger charge is -2.44. The fourth-order valence-corrected chi connectivity index (χ4v) is 2.40. The van der Waals surface area contributed by atoms with Crippen molar-refractivity contribution in [3.8, 4) is 0 Å². The van der Waals surface area contributed by atoms with Crippen molar-refractivity contribution in [1.29, 1.82) is 0 Å². The number of aromatic nitrogens is 1. The van der Waals surface area contributed by atoms with Gasteiger partial charge in [0, 0.05) is 19.0 Å². The van der Waals surface area contributed by atoms with Gasteiger partial charge in [0.1, 0.15) is 0 Å². The number of carbonyl (C=O) groups is 1. The fraction of sp³-hybridized carbons (Fsp3) is 0.538. The first-order valence-electron chi connectivity index (χ1n) is 6.05. The number of rotatable bonds is 3. The van der Waals surface area contributed by atoms with Gasteiger partial charge >= 0.3 is 12.1 Å². The highest BCUT2D eigenvalue weighted by Crippen LogP contribution is 2.53. The Bertz CT molecular complexity index is 457. The Balaban J connectivity index is 2.54. The summed E-state index contributed by atoms with van der Waals surface area (Å²) >= 11 is 0. The number of ether oxygens (including phenoxy) is 1. The zero-order valence-corrected chi connectivity index (χ0v) is 10.4. The summed E-state index contributed by atoms with van der Waals surface area (Å²) in [6.45, 7) is 0.988. The van der Waals surface area contributed by atoms with Crippen LogP contribution < -0.4 is 0 Å². The molecule has 3 nitrogen and oxygen atoms in total. The molecule has 1 atom stereocenters. The number of alkyl halides is 3. The van der Waals surface area contributed by atoms with Crippen molar-refractivity contribution < 1.29 is 22.7 Å². The van der Waals surface area contributed by atoms with E-state index >= 15 is 0 Å². The van der Waals surface area contributed by atoms with Gasteiger partial charge in [-0.1, -0.05) is 12.5 Å². The summed E-state index contributed by atoms with van der Waals surface area (Å²) in [5.74, 6) is -1.71. The molecule has 0 aromatic carbocycles. The van der Waals surface area contributed by atoms with E-state index < -0.39 is 23.7 Å². The maximum Gasteiger partial charge on any atom is 0.434 e. The minimum Gasteiger partial charge on any atom is -0.443 e. The number of pyridine rings is 1. The van der Waals surface area contributed by atoms with Crippen LogP contribution in [-0.2, 0) is 15.1 Å². The van der Waals surface area contributed by atoms with E-state index in [4.69, 9.17) is 4.74 Å². The van der Waals surface area contributed by atoms with E-state index in [-0.39, 0.29) is 5.69 Å². The zero-order chi connectivity index (χ0) is 14.1. The molecule has 1 aliphatic carbocycles. The summed E-state index contributed by atoms with van der Waals surface area (Å²) in [6.07, 6.45) is -1.95. The number of carbonyl (C=O) groups excluding carboxylic acids is 1. The minimum absolute atomic E-state index is 0.248. The third kappa shape index (κ3) is 2.31. The summed E-state index contributed by atoms with van der Waals surface area (Å²) in [6, 6.07) is 4.25. The normalized spacial score (nSPS) is 19.4. The van der Waals surface area contributed by atoms with Gasteiger partial charge in [0.15, 0.2) is 0 Å². The lowest BCUT2D eigenvalue weighted by molar-refractivity contribution is -0.303. The van der Waals surface area contributed by atoms with Crippen molar-refractivity contribution in [3.63, 3.8) is 0 Å². The lowest BCUT2D eigenvalue weighted by Crippen LogP contribution is -2.54. The van der Waals surface area contributed by atoms with Gasteiger partial charge < -0.3 is 4.74 Å². The molecule has 19 heavy (non-hydrogen) atoms. The first-order valence-corrected chi connectivity index (χ1v) is 6.05. The van der Waals surface area contributed by atoms with Crippen LogP contribution in [0.5, 0.6) is 0 Å². The van der Waals surface area contributed by atoms with Crippen LogP contribution in [-0.4, -0.2) is 17.1 Å². The van der Waals surface area contributed by atoms with Crippen LogP contribution in [0.1, 0.15) is 31.9 Å². The fourth-order valence-electron chi connectivity index (χ4n) is 2.40. The van der Waals surface area contributed by atoms with Gasteiger partial charge in [-0.3, -0.25) is 9.78 Å². The lowest BCUT2D eigenvalue weighted by atomic mass is 9.70. The SMILES string of the molecule is CC(=O)OC(c1ccccn1)(C1CCC1)C(F)(F)F. The molecule has 0 N–H and O–H groups in total. The molecule has 0 saturated heterocycles. The molecule has 1 saturated carbocycles. The van der Waals surface area contributed by atoms with Crippen molar-refractivity contribution in [3.05, 3.63) is 30.1 Å². The van der Waals surface area contributed by atoms with Crippen molar-refractivity contribution in [2.24, 2.45) is 5.92 Å². The van der Waals surface area contributed by atoms with Crippen LogP contribution in [0.25, 0.3) is 0 Å². The predicted octanol–water partition coefficient (Wildman–Crippen LogP) is 3.20. The first-order chi connectivity index (χ1) is 8.88. The average Bonchev–Trinajstić information content (AvgIpc) is 2.24. The van der Waals surface area contributed by atoms with E-state index in [0.717, 1.165) is 6.92 Å². The largest absolute Gasteiger partial charge is 0.443 e. The molecule has 1 aliphatic rings. The Morgan fingerprint density at radius 1 is 1.37 bits per heavy atom. The summed E-state index contributed by atoms with van der Waals surface area (Å²) in [7, 11) is 0. The van der Waals surface area contributed by atoms with Crippen molar-refractivity contribution in [2.45, 2.75) is 38.0 Å². The molecule has 6 heteroatoms. The van der Waals surface area contributed by atoms with Crippen LogP contribution >= 0.6 is 0 Å². The van der Waals surface area contributed by atoms with E-state index in [1.54, 1.807) is 0 Å². The molecule has 1 aromatic rings. The Hall–Kier alpha value is -1.59. The van der Waals surface area contributed by atoms with Crippen LogP contribution in [0.15, 0.2) is 24.4 Å². The maximum atomic E-state index is 13.6. The predicted molar refractivity (Wildman–Crippen MR) is 61.1 cm³/mol. The second-order valence-corrected chi connectivity index (χ2v) is 4.67. The van der Waals surface area contributed by atoms with Gasteiger partial charge in [0.2, 0.25) is 0 Å². The molecular weight excluding hydrogens is 259 g/mol. The monoisotopic (exact) mass is 273 g/mol. The number of hydrogen-bond donors (Lipinski definition) is 0. The minimum atomic E-state index is -4.68. The third-order valence-electron chi connectivity index (χ3n) is 3.45. The van der Waals surface area contributed by atoms with Gasteiger partial charge in [-0.25, -0.2) is 0 Å². The van der Waals surface area contributed by atoms with E-state index in [0.29, 0.717) is 19.3 Å². The van der Waals surface area contributed by atoms with E-state index in [1.165, 1.54) is 24.4 Å². The molecule has 0 radical (unpaired) electrons. The Kier molecular flexibility index (Phi) is 3.52. The van der Waals surface area contributed by atoms with Gasteiger partial charge in [0.25, 0.3) is 5.60 Å². The molecular formula is C13H14F3NO2. The van der Waals surface area contributed by atoms with Crippen molar-refractivity contribution in [2.75, 3.05) is 0 Å². The van der Waals surface area contributed by atoms with E-state index in [1.807, 2.05) is 0 Å². The number of hydrogen-bond acceptors (Lipinski definition) is 3. The summed E-state index contributed by atoms with van der Waals surface area (Å²) < 4.78 is 45.5. The average molecular weight is 273 g/mol. The van der Waals surface area contributed by atoms with Gasteiger partial charge in [-0.15, -0.1) is 0 Å². The Morgan fingerprint density at radius 3 is 2.42 bits per heavy atom. The van der Waals surface area contributed by atoms with Gasteiger partial charge in [0.05, 0.1) is 5.69 Å². The molecule has 0 spiro atoms. The van der Waals surface area contributed by atoms with Gasteiger partial charge in [-0.05, 0) is 25.0 Å². The van der Waals surface area contributed by atoms with Gasteiger partial charge in [-0.2, -0.15) is 13.2 Å². The van der Waals surface area contributed by atoms with Crippen LogP contribution in [0.4, 0.5) is 13.2 Å². The highest BCUT2D eigenvalue weighted by Gasteiger charge is 2.65. The maximum absolute atomic E-state index is 13.6. The second-order valence-electron chi connectivity index (χ2n) is 4.67. The summed E-state index contributed by atoms with van der Waals surface area (Å²) in [4.78, 5) is 15.0. The highest BCUT2D eigenvalue weighted by atomic mass is 19.4. The summed E-state index contributed by atoms with van der Waals surface area (Å²) in [5, 5.41) is 0. The standard InChI is InChI=1S/C13H14F3NO2/c1-9(18)19-12(13(14,15)16,10-5-4-6-10)11-7-2-3-8-17-11/h2-3,7-8,10H,4-6H2,1H3. The molecule has 1 aromatic heterocycles. The zero-order valence-electron chi connectivity index (χ0n) is 10.4. The topological polar surface area (TPSA) is 39.2 Å². The second kappa shape index (κ2) is 4.83. The smallest absolute Gasteiger partial charge is 0.434 e. The number of nitrogens with zero attached hydrogens (tertiary/aromatic N) is 1. The quantitative estimate of drug-likeness (QED) is 0.794. The van der Waals surface area contributed by atoms with E-state index in [2.05, 4.69) is 4.98 Å². The third-order valence-corrected chi connectivity index (χ3v) is 3.45. The van der Waals surface area contributed by atoms with Crippen LogP contribution in [0.2, 0.25) is 0 Å². The number of esters is 1. The Labute approximate surface area is 108 Å². The first kappa shape index (κ1) is 13.8. The molecule has 104 valence electrons. The highest BCUT2D eigenvalue weighted by molar-refractivity contribution is 5.67. The van der Waals surface area contributed by atoms with E-state index in [9.17, 15) is 18.0 Å².